The number of hydrogen-bond acceptors (Lipinski definition) is 6. The smallest absolute Gasteiger partial charge is 0.204 e. The molecule has 0 bridgehead atoms. The van der Waals surface area contributed by atoms with Gasteiger partial charge in [0.25, 0.3) is 0 Å². The summed E-state index contributed by atoms with van der Waals surface area (Å²) in [6, 6.07) is 1.55. The quantitative estimate of drug-likeness (QED) is 0.776. The Bertz CT molecular complexity index is 607. The number of nitrogens with zero attached hydrogens (tertiary/aromatic N) is 1. The van der Waals surface area contributed by atoms with Gasteiger partial charge in [-0.2, -0.15) is 11.8 Å². The summed E-state index contributed by atoms with van der Waals surface area (Å²) >= 11 is 3.11. The zero-order valence-electron chi connectivity index (χ0n) is 15.0. The van der Waals surface area contributed by atoms with Gasteiger partial charge in [-0.05, 0) is 12.3 Å². The minimum Gasteiger partial charge on any atom is -0.439 e. The molecule has 0 saturated carbocycles. The highest BCUT2D eigenvalue weighted by Gasteiger charge is 2.11. The standard InChI is InChI=1S/C13H17NO3S2.2C2H6/c1-9-8-19-13-10(16)7-11(17-12(9)13)14(2)3-5-18-6-4-15;2*1-2/h7-8,15H,3-6H2,1-2H3;2*1-2H3. The zero-order chi connectivity index (χ0) is 17.8. The van der Waals surface area contributed by atoms with Crippen LogP contribution in [0.25, 0.3) is 10.3 Å². The minimum absolute atomic E-state index is 0.0178. The average Bonchev–Trinajstić information content (AvgIpc) is 2.97. The van der Waals surface area contributed by atoms with Crippen LogP contribution in [0, 0.1) is 6.92 Å². The Morgan fingerprint density at radius 1 is 1.26 bits per heavy atom. The Morgan fingerprint density at radius 3 is 2.52 bits per heavy atom. The first-order valence-corrected chi connectivity index (χ1v) is 10.1. The third kappa shape index (κ3) is 6.57. The first kappa shape index (κ1) is 22.0. The summed E-state index contributed by atoms with van der Waals surface area (Å²) in [4.78, 5) is 13.9. The summed E-state index contributed by atoms with van der Waals surface area (Å²) in [6.07, 6.45) is 0. The molecule has 0 radical (unpaired) electrons. The number of thiophene rings is 1. The molecule has 0 aliphatic carbocycles. The number of anilines is 1. The van der Waals surface area contributed by atoms with Gasteiger partial charge in [0, 0.05) is 36.7 Å². The summed E-state index contributed by atoms with van der Waals surface area (Å²) < 4.78 is 6.49. The van der Waals surface area contributed by atoms with Crippen LogP contribution in [-0.4, -0.2) is 36.8 Å². The van der Waals surface area contributed by atoms with E-state index in [1.165, 1.54) is 11.3 Å². The van der Waals surface area contributed by atoms with Crippen molar-refractivity contribution in [2.45, 2.75) is 34.6 Å². The van der Waals surface area contributed by atoms with Crippen LogP contribution < -0.4 is 10.3 Å². The fourth-order valence-electron chi connectivity index (χ4n) is 1.71. The molecule has 0 unspecified atom stereocenters. The zero-order valence-corrected chi connectivity index (χ0v) is 16.6. The number of hydrogen-bond donors (Lipinski definition) is 1. The van der Waals surface area contributed by atoms with Crippen molar-refractivity contribution in [1.82, 2.24) is 0 Å². The molecule has 2 rings (SSSR count). The van der Waals surface area contributed by atoms with Gasteiger partial charge in [0.05, 0.1) is 6.61 Å². The second kappa shape index (κ2) is 12.4. The molecule has 0 aliphatic rings. The normalized spacial score (nSPS) is 9.70. The molecule has 0 saturated heterocycles. The van der Waals surface area contributed by atoms with Crippen LogP contribution >= 0.6 is 23.1 Å². The topological polar surface area (TPSA) is 53.7 Å². The fraction of sp³-hybridized carbons (Fsp3) is 0.588. The molecule has 0 atom stereocenters. The van der Waals surface area contributed by atoms with Crippen molar-refractivity contribution in [3.63, 3.8) is 0 Å². The van der Waals surface area contributed by atoms with Gasteiger partial charge >= 0.3 is 0 Å². The molecule has 6 heteroatoms. The molecular formula is C17H29NO3S2. The van der Waals surface area contributed by atoms with Crippen molar-refractivity contribution < 1.29 is 9.52 Å². The van der Waals surface area contributed by atoms with Crippen molar-refractivity contribution in [3.8, 4) is 0 Å². The Morgan fingerprint density at radius 2 is 1.91 bits per heavy atom. The van der Waals surface area contributed by atoms with Gasteiger partial charge in [0.15, 0.2) is 11.5 Å². The van der Waals surface area contributed by atoms with E-state index < -0.39 is 0 Å². The monoisotopic (exact) mass is 359 g/mol. The van der Waals surface area contributed by atoms with E-state index in [0.29, 0.717) is 16.2 Å². The molecule has 23 heavy (non-hydrogen) atoms. The Kier molecular flexibility index (Phi) is 11.9. The molecule has 2 heterocycles. The summed E-state index contributed by atoms with van der Waals surface area (Å²) in [5.74, 6) is 2.23. The predicted molar refractivity (Wildman–Crippen MR) is 105 cm³/mol. The van der Waals surface area contributed by atoms with E-state index in [1.807, 2.05) is 51.9 Å². The van der Waals surface area contributed by atoms with E-state index in [0.717, 1.165) is 23.6 Å². The van der Waals surface area contributed by atoms with Gasteiger partial charge < -0.3 is 14.4 Å². The molecule has 1 N–H and O–H groups in total. The third-order valence-electron chi connectivity index (χ3n) is 2.79. The first-order valence-electron chi connectivity index (χ1n) is 8.05. The maximum Gasteiger partial charge on any atom is 0.204 e. The van der Waals surface area contributed by atoms with E-state index in [2.05, 4.69) is 0 Å². The predicted octanol–water partition coefficient (Wildman–Crippen LogP) is 4.38. The summed E-state index contributed by atoms with van der Waals surface area (Å²) in [5.41, 5.74) is 1.72. The molecule has 0 aliphatic heterocycles. The van der Waals surface area contributed by atoms with Crippen molar-refractivity contribution >= 4 is 39.3 Å². The SMILES string of the molecule is CC.CC.Cc1csc2c(=O)cc(N(C)CCSCCO)oc12. The maximum absolute atomic E-state index is 12.0. The number of fused-ring (bicyclic) bond motifs is 1. The van der Waals surface area contributed by atoms with Gasteiger partial charge in [0.2, 0.25) is 5.43 Å². The van der Waals surface area contributed by atoms with Gasteiger partial charge in [-0.25, -0.2) is 0 Å². The largest absolute Gasteiger partial charge is 0.439 e. The van der Waals surface area contributed by atoms with E-state index in [1.54, 1.807) is 17.8 Å². The van der Waals surface area contributed by atoms with Crippen LogP contribution in [0.5, 0.6) is 0 Å². The number of aliphatic hydroxyl groups is 1. The van der Waals surface area contributed by atoms with Gasteiger partial charge in [0.1, 0.15) is 4.70 Å². The van der Waals surface area contributed by atoms with Crippen molar-refractivity contribution in [1.29, 1.82) is 0 Å². The lowest BCUT2D eigenvalue weighted by molar-refractivity contribution is 0.322. The van der Waals surface area contributed by atoms with Crippen molar-refractivity contribution in [3.05, 3.63) is 27.2 Å². The number of aliphatic hydroxyl groups excluding tert-OH is 1. The van der Waals surface area contributed by atoms with Crippen LogP contribution in [0.3, 0.4) is 0 Å². The minimum atomic E-state index is 0.0178. The lowest BCUT2D eigenvalue weighted by Crippen LogP contribution is -2.21. The molecule has 2 aromatic rings. The molecule has 0 amide bonds. The van der Waals surface area contributed by atoms with Gasteiger partial charge in [-0.15, -0.1) is 11.3 Å². The van der Waals surface area contributed by atoms with Gasteiger partial charge in [-0.1, -0.05) is 27.7 Å². The van der Waals surface area contributed by atoms with Crippen molar-refractivity contribution in [2.75, 3.05) is 36.6 Å². The molecule has 0 spiro atoms. The number of thioether (sulfide) groups is 1. The average molecular weight is 360 g/mol. The van der Waals surface area contributed by atoms with Crippen LogP contribution in [0.15, 0.2) is 20.7 Å². The third-order valence-corrected chi connectivity index (χ3v) is 4.82. The molecular weight excluding hydrogens is 330 g/mol. The second-order valence-electron chi connectivity index (χ2n) is 4.28. The van der Waals surface area contributed by atoms with Crippen molar-refractivity contribution in [2.24, 2.45) is 0 Å². The maximum atomic E-state index is 12.0. The molecule has 132 valence electrons. The Hall–Kier alpha value is -0.980. The summed E-state index contributed by atoms with van der Waals surface area (Å²) in [7, 11) is 1.91. The highest BCUT2D eigenvalue weighted by molar-refractivity contribution is 7.99. The van der Waals surface area contributed by atoms with E-state index in [-0.39, 0.29) is 12.0 Å². The lowest BCUT2D eigenvalue weighted by atomic mass is 10.3. The highest BCUT2D eigenvalue weighted by Crippen LogP contribution is 2.26. The Labute approximate surface area is 147 Å². The Balaban J connectivity index is 0.00000112. The lowest BCUT2D eigenvalue weighted by Gasteiger charge is -2.17. The first-order chi connectivity index (χ1) is 11.1. The molecule has 0 aromatic carbocycles. The highest BCUT2D eigenvalue weighted by atomic mass is 32.2. The van der Waals surface area contributed by atoms with Crippen LogP contribution in [0.4, 0.5) is 5.88 Å². The van der Waals surface area contributed by atoms with Crippen LogP contribution in [0.2, 0.25) is 0 Å². The molecule has 2 aromatic heterocycles. The van der Waals surface area contributed by atoms with E-state index in [9.17, 15) is 4.79 Å². The van der Waals surface area contributed by atoms with Crippen LogP contribution in [-0.2, 0) is 0 Å². The van der Waals surface area contributed by atoms with E-state index >= 15 is 0 Å². The van der Waals surface area contributed by atoms with E-state index in [4.69, 9.17) is 9.52 Å². The second-order valence-corrected chi connectivity index (χ2v) is 6.39. The molecule has 4 nitrogen and oxygen atoms in total. The number of rotatable bonds is 6. The number of aryl methyl sites for hydroxylation is 1. The summed E-state index contributed by atoms with van der Waals surface area (Å²) in [6.45, 7) is 10.9. The fourth-order valence-corrected chi connectivity index (χ4v) is 3.33. The van der Waals surface area contributed by atoms with Gasteiger partial charge in [-0.3, -0.25) is 4.79 Å². The van der Waals surface area contributed by atoms with Crippen LogP contribution in [0.1, 0.15) is 33.3 Å². The summed E-state index contributed by atoms with van der Waals surface area (Å²) in [5, 5.41) is 10.7. The molecule has 0 fully saturated rings.